The lowest BCUT2D eigenvalue weighted by Gasteiger charge is -2.33. The second-order valence-electron chi connectivity index (χ2n) is 13.8. The second kappa shape index (κ2) is 14.9. The Morgan fingerprint density at radius 1 is 0.962 bits per heavy atom. The molecule has 2 fully saturated rings. The van der Waals surface area contributed by atoms with Crippen LogP contribution in [-0.2, 0) is 27.8 Å². The van der Waals surface area contributed by atoms with Gasteiger partial charge in [0.25, 0.3) is 0 Å². The van der Waals surface area contributed by atoms with Crippen molar-refractivity contribution in [2.45, 2.75) is 75.3 Å². The van der Waals surface area contributed by atoms with Gasteiger partial charge in [-0.2, -0.15) is 9.57 Å². The fraction of sp³-hybridized carbons (Fsp3) is 0.385. The third kappa shape index (κ3) is 7.74. The summed E-state index contributed by atoms with van der Waals surface area (Å²) in [5, 5.41) is 9.22. The van der Waals surface area contributed by atoms with Crippen LogP contribution in [0.5, 0.6) is 23.0 Å². The van der Waals surface area contributed by atoms with E-state index in [1.54, 1.807) is 49.1 Å². The quantitative estimate of drug-likeness (QED) is 0.152. The largest absolute Gasteiger partial charge is 0.489 e. The molecular formula is C39H41N3O9S. The van der Waals surface area contributed by atoms with Crippen molar-refractivity contribution in [3.8, 4) is 29.1 Å². The number of benzene rings is 3. The number of hydrogen-bond acceptors (Lipinski definition) is 10. The van der Waals surface area contributed by atoms with E-state index < -0.39 is 34.0 Å². The van der Waals surface area contributed by atoms with Crippen molar-refractivity contribution < 1.29 is 41.3 Å². The van der Waals surface area contributed by atoms with Crippen molar-refractivity contribution in [1.29, 1.82) is 5.26 Å². The molecule has 3 aliphatic rings. The molecule has 0 bridgehead atoms. The fourth-order valence-corrected chi connectivity index (χ4v) is 8.81. The first-order chi connectivity index (χ1) is 25.1. The zero-order valence-electron chi connectivity index (χ0n) is 29.1. The Morgan fingerprint density at radius 2 is 1.75 bits per heavy atom. The van der Waals surface area contributed by atoms with Crippen molar-refractivity contribution in [2.24, 2.45) is 5.92 Å². The Kier molecular flexibility index (Phi) is 10.1. The standard InChI is InChI=1S/C39H41N3O9S/c1-39(2)42(38(43)50-32-16-17-46-25-32)34(19-27-10-12-31(13-11-27)47-24-30-9-5-8-29(18-30)21-40)37(51-39)23-41(22-28-6-3-4-7-28)52(44,45)33-14-15-35-36(20-33)49-26-48-35/h5,8-18,20,25,28,34,37H,3-4,6-7,19,22-24,26H2,1-2H3/t34-,37+/m0/s1. The maximum absolute atomic E-state index is 14.4. The van der Waals surface area contributed by atoms with Gasteiger partial charge in [0.05, 0.1) is 34.9 Å². The van der Waals surface area contributed by atoms with E-state index in [1.165, 1.54) is 22.9 Å². The summed E-state index contributed by atoms with van der Waals surface area (Å²) in [6.45, 7) is 4.23. The molecule has 1 amide bonds. The molecule has 3 aromatic carbocycles. The number of ether oxygens (including phenoxy) is 5. The Labute approximate surface area is 303 Å². The molecule has 2 aliphatic heterocycles. The van der Waals surface area contributed by atoms with Gasteiger partial charge in [-0.1, -0.05) is 37.1 Å². The summed E-state index contributed by atoms with van der Waals surface area (Å²) in [5.74, 6) is 1.97. The predicted octanol–water partition coefficient (Wildman–Crippen LogP) is 6.89. The first kappa shape index (κ1) is 35.4. The van der Waals surface area contributed by atoms with E-state index in [0.29, 0.717) is 42.4 Å². The maximum Gasteiger partial charge on any atom is 0.417 e. The highest BCUT2D eigenvalue weighted by Gasteiger charge is 2.52. The minimum atomic E-state index is -4.01. The van der Waals surface area contributed by atoms with Crippen LogP contribution in [0.2, 0.25) is 0 Å². The summed E-state index contributed by atoms with van der Waals surface area (Å²) < 4.78 is 64.8. The van der Waals surface area contributed by atoms with Gasteiger partial charge in [0.1, 0.15) is 24.3 Å². The number of sulfonamides is 1. The van der Waals surface area contributed by atoms with E-state index in [0.717, 1.165) is 36.8 Å². The lowest BCUT2D eigenvalue weighted by Crippen LogP contribution is -2.51. The molecule has 0 unspecified atom stereocenters. The second-order valence-corrected chi connectivity index (χ2v) is 15.7. The van der Waals surface area contributed by atoms with Gasteiger partial charge in [-0.3, -0.25) is 4.90 Å². The summed E-state index contributed by atoms with van der Waals surface area (Å²) >= 11 is 0. The van der Waals surface area contributed by atoms with Gasteiger partial charge >= 0.3 is 6.09 Å². The minimum Gasteiger partial charge on any atom is -0.489 e. The SMILES string of the molecule is CC1(C)O[C@H](CN(CC2CCCC2)S(=O)(=O)c2ccc3c(c2)OCO3)[C@H](Cc2ccc(OCc3cccc(C#N)c3)cc2)N1C(=O)Oc1ccoc1. The molecule has 0 radical (unpaired) electrons. The molecule has 0 N–H and O–H groups in total. The molecule has 12 nitrogen and oxygen atoms in total. The third-order valence-corrected chi connectivity index (χ3v) is 11.6. The fourth-order valence-electron chi connectivity index (χ4n) is 7.27. The molecule has 272 valence electrons. The molecule has 52 heavy (non-hydrogen) atoms. The topological polar surface area (TPSA) is 141 Å². The van der Waals surface area contributed by atoms with Gasteiger partial charge < -0.3 is 28.1 Å². The number of fused-ring (bicyclic) bond motifs is 1. The van der Waals surface area contributed by atoms with Gasteiger partial charge in [0.15, 0.2) is 17.2 Å². The van der Waals surface area contributed by atoms with Crippen LogP contribution < -0.4 is 18.9 Å². The van der Waals surface area contributed by atoms with Crippen LogP contribution >= 0.6 is 0 Å². The smallest absolute Gasteiger partial charge is 0.417 e. The number of hydrogen-bond donors (Lipinski definition) is 0. The van der Waals surface area contributed by atoms with Crippen molar-refractivity contribution in [1.82, 2.24) is 9.21 Å². The lowest BCUT2D eigenvalue weighted by molar-refractivity contribution is -0.0682. The summed E-state index contributed by atoms with van der Waals surface area (Å²) in [6, 6.07) is 22.5. The molecule has 13 heteroatoms. The molecule has 1 saturated heterocycles. The predicted molar refractivity (Wildman–Crippen MR) is 188 cm³/mol. The van der Waals surface area contributed by atoms with Gasteiger partial charge in [-0.15, -0.1) is 0 Å². The van der Waals surface area contributed by atoms with E-state index in [4.69, 9.17) is 28.1 Å². The molecular weight excluding hydrogens is 687 g/mol. The first-order valence-corrected chi connectivity index (χ1v) is 18.8. The Bertz CT molecular complexity index is 2020. The molecule has 2 atom stereocenters. The monoisotopic (exact) mass is 727 g/mol. The van der Waals surface area contributed by atoms with Crippen LogP contribution in [0.4, 0.5) is 4.79 Å². The van der Waals surface area contributed by atoms with Gasteiger partial charge in [0.2, 0.25) is 16.8 Å². The summed E-state index contributed by atoms with van der Waals surface area (Å²) in [5.41, 5.74) is 1.19. The van der Waals surface area contributed by atoms with Crippen LogP contribution in [0.25, 0.3) is 0 Å². The van der Waals surface area contributed by atoms with Crippen LogP contribution in [0.15, 0.2) is 94.6 Å². The van der Waals surface area contributed by atoms with Gasteiger partial charge in [-0.25, -0.2) is 13.2 Å². The van der Waals surface area contributed by atoms with E-state index in [1.807, 2.05) is 36.4 Å². The third-order valence-electron chi connectivity index (χ3n) is 9.81. The Hall–Kier alpha value is -5.03. The zero-order chi connectivity index (χ0) is 36.3. The molecule has 1 saturated carbocycles. The zero-order valence-corrected chi connectivity index (χ0v) is 29.9. The number of amides is 1. The lowest BCUT2D eigenvalue weighted by atomic mass is 9.99. The summed E-state index contributed by atoms with van der Waals surface area (Å²) in [6.07, 6.45) is 5.74. The maximum atomic E-state index is 14.4. The highest BCUT2D eigenvalue weighted by molar-refractivity contribution is 7.89. The Morgan fingerprint density at radius 3 is 2.50 bits per heavy atom. The van der Waals surface area contributed by atoms with E-state index in [-0.39, 0.29) is 29.9 Å². The summed E-state index contributed by atoms with van der Waals surface area (Å²) in [7, 11) is -4.01. The van der Waals surface area contributed by atoms with Crippen molar-refractivity contribution in [3.63, 3.8) is 0 Å². The highest BCUT2D eigenvalue weighted by atomic mass is 32.2. The van der Waals surface area contributed by atoms with Gasteiger partial charge in [-0.05, 0) is 86.6 Å². The van der Waals surface area contributed by atoms with Crippen molar-refractivity contribution >= 4 is 16.1 Å². The summed E-state index contributed by atoms with van der Waals surface area (Å²) in [4.78, 5) is 15.5. The number of carbonyl (C=O) groups is 1. The van der Waals surface area contributed by atoms with Crippen molar-refractivity contribution in [2.75, 3.05) is 19.9 Å². The molecule has 0 spiro atoms. The van der Waals surface area contributed by atoms with Crippen LogP contribution in [0, 0.1) is 17.2 Å². The molecule has 7 rings (SSSR count). The molecule has 1 aromatic heterocycles. The van der Waals surface area contributed by atoms with Crippen molar-refractivity contribution in [3.05, 3.63) is 102 Å². The Balaban J connectivity index is 1.16. The normalized spacial score (nSPS) is 19.5. The van der Waals surface area contributed by atoms with E-state index >= 15 is 0 Å². The number of nitrogens with zero attached hydrogens (tertiary/aromatic N) is 3. The number of furan rings is 1. The van der Waals surface area contributed by atoms with Gasteiger partial charge in [0, 0.05) is 25.2 Å². The highest BCUT2D eigenvalue weighted by Crippen LogP contribution is 2.39. The first-order valence-electron chi connectivity index (χ1n) is 17.4. The average molecular weight is 728 g/mol. The number of carbonyl (C=O) groups excluding carboxylic acids is 1. The minimum absolute atomic E-state index is 0.0137. The molecule has 1 aliphatic carbocycles. The van der Waals surface area contributed by atoms with Crippen LogP contribution in [0.1, 0.15) is 56.2 Å². The average Bonchev–Trinajstić information content (AvgIpc) is 3.96. The number of rotatable bonds is 12. The molecule has 4 aromatic rings. The van der Waals surface area contributed by atoms with E-state index in [2.05, 4.69) is 6.07 Å². The van der Waals surface area contributed by atoms with Crippen LogP contribution in [-0.4, -0.2) is 61.5 Å². The molecule has 3 heterocycles. The van der Waals surface area contributed by atoms with Crippen LogP contribution in [0.3, 0.4) is 0 Å². The van der Waals surface area contributed by atoms with E-state index in [9.17, 15) is 18.5 Å². The number of nitriles is 1.